The monoisotopic (exact) mass is 265 g/mol. The van der Waals surface area contributed by atoms with Crippen LogP contribution in [0.4, 0.5) is 0 Å². The van der Waals surface area contributed by atoms with Gasteiger partial charge in [0.05, 0.1) is 0 Å². The van der Waals surface area contributed by atoms with E-state index in [9.17, 15) is 14.0 Å². The minimum atomic E-state index is -4.62. The summed E-state index contributed by atoms with van der Waals surface area (Å²) in [6.07, 6.45) is 1.25. The van der Waals surface area contributed by atoms with Crippen LogP contribution < -0.4 is 0 Å². The van der Waals surface area contributed by atoms with Gasteiger partial charge in [-0.2, -0.15) is 0 Å². The molecule has 3 N–H and O–H groups in total. The van der Waals surface area contributed by atoms with E-state index >= 15 is 0 Å². The van der Waals surface area contributed by atoms with Gasteiger partial charge in [0.2, 0.25) is 7.37 Å². The van der Waals surface area contributed by atoms with Crippen molar-refractivity contribution in [1.29, 1.82) is 0 Å². The topological polar surface area (TPSA) is 108 Å². The van der Waals surface area contributed by atoms with Gasteiger partial charge in [-0.15, -0.1) is 0 Å². The fourth-order valence-corrected chi connectivity index (χ4v) is 4.46. The van der Waals surface area contributed by atoms with Crippen LogP contribution in [-0.4, -0.2) is 31.7 Å². The zero-order chi connectivity index (χ0) is 12.4. The van der Waals surface area contributed by atoms with Crippen LogP contribution in [0.3, 0.4) is 0 Å². The van der Waals surface area contributed by atoms with Crippen LogP contribution in [0.5, 0.6) is 0 Å². The third kappa shape index (κ3) is 3.81. The Labute approximate surface area is 93.0 Å². The summed E-state index contributed by atoms with van der Waals surface area (Å²) in [4.78, 5) is 31.2. The lowest BCUT2D eigenvalue weighted by atomic mass is 10.3. The van der Waals surface area contributed by atoms with E-state index < -0.39 is 20.4 Å². The lowest BCUT2D eigenvalue weighted by Gasteiger charge is -2.20. The maximum atomic E-state index is 11.4. The molecule has 0 aromatic carbocycles. The van der Waals surface area contributed by atoms with Gasteiger partial charge in [0.1, 0.15) is 5.40 Å². The molecule has 0 radical (unpaired) electrons. The highest BCUT2D eigenvalue weighted by molar-refractivity contribution is 7.73. The van der Waals surface area contributed by atoms with Gasteiger partial charge in [0.25, 0.3) is 0 Å². The van der Waals surface area contributed by atoms with E-state index in [-0.39, 0.29) is 6.42 Å². The number of hydrogen-bond donors (Lipinski definition) is 3. The summed E-state index contributed by atoms with van der Waals surface area (Å²) in [5.74, 6) is 0. The molecule has 0 amide bonds. The van der Waals surface area contributed by atoms with Crippen molar-refractivity contribution in [2.75, 3.05) is 6.66 Å². The van der Waals surface area contributed by atoms with Crippen LogP contribution >= 0.6 is 15.0 Å². The Morgan fingerprint density at radius 3 is 2.31 bits per heavy atom. The van der Waals surface area contributed by atoms with Gasteiger partial charge >= 0.3 is 7.60 Å². The van der Waals surface area contributed by atoms with Gasteiger partial charge in [-0.05, 0) is 12.1 Å². The summed E-state index contributed by atoms with van der Waals surface area (Å²) >= 11 is 0. The van der Waals surface area contributed by atoms with E-state index in [1.54, 1.807) is 18.2 Å². The molecule has 0 bridgehead atoms. The average Bonchev–Trinajstić information content (AvgIpc) is 2.12. The minimum absolute atomic E-state index is 0.213. The Kier molecular flexibility index (Phi) is 4.05. The smallest absolute Gasteiger partial charge is 0.338 e. The van der Waals surface area contributed by atoms with Gasteiger partial charge in [0.15, 0.2) is 0 Å². The number of pyridine rings is 1. The number of aromatic nitrogens is 1. The molecule has 0 spiro atoms. The van der Waals surface area contributed by atoms with E-state index in [4.69, 9.17) is 9.79 Å². The summed E-state index contributed by atoms with van der Waals surface area (Å²) in [6.45, 7) is 0.944. The summed E-state index contributed by atoms with van der Waals surface area (Å²) < 4.78 is 22.5. The Morgan fingerprint density at radius 2 is 1.94 bits per heavy atom. The number of nitrogens with zero attached hydrogens (tertiary/aromatic N) is 1. The van der Waals surface area contributed by atoms with Crippen molar-refractivity contribution in [2.45, 2.75) is 11.8 Å². The summed E-state index contributed by atoms with van der Waals surface area (Å²) in [5.41, 5.74) is 0.381. The van der Waals surface area contributed by atoms with Crippen molar-refractivity contribution >= 4 is 15.0 Å². The number of hydrogen-bond acceptors (Lipinski definition) is 3. The van der Waals surface area contributed by atoms with Crippen molar-refractivity contribution in [3.8, 4) is 0 Å². The summed E-state index contributed by atoms with van der Waals surface area (Å²) in [7, 11) is -8.48. The van der Waals surface area contributed by atoms with E-state index in [2.05, 4.69) is 4.98 Å². The normalized spacial score (nSPS) is 17.8. The van der Waals surface area contributed by atoms with E-state index in [1.165, 1.54) is 6.20 Å². The van der Waals surface area contributed by atoms with Crippen molar-refractivity contribution < 1.29 is 23.8 Å². The first-order chi connectivity index (χ1) is 7.21. The quantitative estimate of drug-likeness (QED) is 0.701. The SMILES string of the molecule is CP(=O)(O)C(Cc1ccccn1)P(=O)(O)O. The molecule has 2 atom stereocenters. The second kappa shape index (κ2) is 4.78. The fraction of sp³-hybridized carbons (Fsp3) is 0.375. The minimum Gasteiger partial charge on any atom is -0.344 e. The van der Waals surface area contributed by atoms with Gasteiger partial charge in [-0.1, -0.05) is 6.07 Å². The Balaban J connectivity index is 2.99. The van der Waals surface area contributed by atoms with Crippen LogP contribution in [0.25, 0.3) is 0 Å². The van der Waals surface area contributed by atoms with Crippen molar-refractivity contribution in [1.82, 2.24) is 4.98 Å². The third-order valence-corrected chi connectivity index (χ3v) is 6.49. The fourth-order valence-electron chi connectivity index (χ4n) is 1.27. The molecule has 0 aliphatic heterocycles. The van der Waals surface area contributed by atoms with Crippen molar-refractivity contribution in [2.24, 2.45) is 0 Å². The predicted molar refractivity (Wildman–Crippen MR) is 59.5 cm³/mol. The van der Waals surface area contributed by atoms with Crippen LogP contribution in [-0.2, 0) is 15.6 Å². The van der Waals surface area contributed by atoms with Crippen LogP contribution in [0.1, 0.15) is 5.69 Å². The molecule has 90 valence electrons. The molecule has 1 heterocycles. The molecule has 0 saturated carbocycles. The number of rotatable bonds is 4. The summed E-state index contributed by atoms with van der Waals surface area (Å²) in [6, 6.07) is 4.86. The third-order valence-electron chi connectivity index (χ3n) is 2.06. The summed E-state index contributed by atoms with van der Waals surface area (Å²) in [5, 5.41) is -1.59. The van der Waals surface area contributed by atoms with Gasteiger partial charge in [-0.25, -0.2) is 0 Å². The first-order valence-corrected chi connectivity index (χ1v) is 8.32. The van der Waals surface area contributed by atoms with E-state index in [1.807, 2.05) is 0 Å². The molecular weight excluding hydrogens is 252 g/mol. The maximum absolute atomic E-state index is 11.4. The van der Waals surface area contributed by atoms with Crippen LogP contribution in [0.15, 0.2) is 24.4 Å². The predicted octanol–water partition coefficient (Wildman–Crippen LogP) is 1.03. The highest BCUT2D eigenvalue weighted by Gasteiger charge is 2.40. The lowest BCUT2D eigenvalue weighted by molar-refractivity contribution is 0.362. The zero-order valence-corrected chi connectivity index (χ0v) is 10.4. The Morgan fingerprint density at radius 1 is 1.31 bits per heavy atom. The average molecular weight is 265 g/mol. The van der Waals surface area contributed by atoms with Crippen LogP contribution in [0, 0.1) is 0 Å². The van der Waals surface area contributed by atoms with E-state index in [0.29, 0.717) is 5.69 Å². The first kappa shape index (κ1) is 13.6. The molecule has 0 aliphatic rings. The molecule has 1 aromatic heterocycles. The zero-order valence-electron chi connectivity index (χ0n) is 8.59. The molecule has 16 heavy (non-hydrogen) atoms. The van der Waals surface area contributed by atoms with Crippen molar-refractivity contribution in [3.63, 3.8) is 0 Å². The van der Waals surface area contributed by atoms with E-state index in [0.717, 1.165) is 6.66 Å². The molecule has 8 heteroatoms. The molecule has 0 fully saturated rings. The first-order valence-electron chi connectivity index (χ1n) is 4.46. The second-order valence-electron chi connectivity index (χ2n) is 3.54. The Bertz CT molecular complexity index is 415. The second-order valence-corrected chi connectivity index (χ2v) is 8.26. The Hall–Kier alpha value is -0.510. The maximum Gasteiger partial charge on any atom is 0.338 e. The lowest BCUT2D eigenvalue weighted by Crippen LogP contribution is -2.13. The molecular formula is C8H13NO5P2. The standard InChI is InChI=1S/C8H13NO5P2/c1-15(10,11)8(16(12,13)14)6-7-4-2-3-5-9-7/h2-5,8H,6H2,1H3,(H,10,11)(H2,12,13,14). The molecule has 6 nitrogen and oxygen atoms in total. The van der Waals surface area contributed by atoms with Gasteiger partial charge in [-0.3, -0.25) is 14.1 Å². The van der Waals surface area contributed by atoms with Gasteiger partial charge < -0.3 is 14.7 Å². The van der Waals surface area contributed by atoms with Gasteiger partial charge in [0, 0.05) is 25.0 Å². The van der Waals surface area contributed by atoms with Crippen LogP contribution in [0.2, 0.25) is 0 Å². The largest absolute Gasteiger partial charge is 0.344 e. The van der Waals surface area contributed by atoms with Crippen molar-refractivity contribution in [3.05, 3.63) is 30.1 Å². The highest BCUT2D eigenvalue weighted by atomic mass is 31.2. The molecule has 1 rings (SSSR count). The molecule has 1 aromatic rings. The molecule has 0 saturated heterocycles. The molecule has 2 unspecified atom stereocenters. The molecule has 0 aliphatic carbocycles. The highest BCUT2D eigenvalue weighted by Crippen LogP contribution is 2.61.